The van der Waals surface area contributed by atoms with Gasteiger partial charge in [0.05, 0.1) is 0 Å². The van der Waals surface area contributed by atoms with Crippen molar-refractivity contribution in [2.75, 3.05) is 11.4 Å². The zero-order chi connectivity index (χ0) is 13.1. The van der Waals surface area contributed by atoms with Gasteiger partial charge in [-0.3, -0.25) is 0 Å². The molecule has 1 aliphatic carbocycles. The Morgan fingerprint density at radius 1 is 1.44 bits per heavy atom. The summed E-state index contributed by atoms with van der Waals surface area (Å²) in [7, 11) is 0. The first-order valence-electron chi connectivity index (χ1n) is 6.95. The highest BCUT2D eigenvalue weighted by Crippen LogP contribution is 2.35. The van der Waals surface area contributed by atoms with Crippen LogP contribution >= 0.6 is 0 Å². The smallest absolute Gasteiger partial charge is 0.123 e. The van der Waals surface area contributed by atoms with E-state index in [9.17, 15) is 4.39 Å². The van der Waals surface area contributed by atoms with Crippen LogP contribution in [0.15, 0.2) is 18.2 Å². The van der Waals surface area contributed by atoms with Gasteiger partial charge in [0, 0.05) is 24.3 Å². The van der Waals surface area contributed by atoms with Crippen LogP contribution in [-0.4, -0.2) is 12.6 Å². The molecule has 2 N–H and O–H groups in total. The van der Waals surface area contributed by atoms with Gasteiger partial charge >= 0.3 is 0 Å². The molecule has 0 heterocycles. The number of halogens is 1. The Bertz CT molecular complexity index is 399. The molecule has 0 spiro atoms. The maximum atomic E-state index is 13.4. The molecule has 3 heteroatoms. The predicted octanol–water partition coefficient (Wildman–Crippen LogP) is 3.61. The molecule has 1 aromatic rings. The van der Waals surface area contributed by atoms with Crippen molar-refractivity contribution in [3.8, 4) is 0 Å². The number of rotatable bonds is 6. The quantitative estimate of drug-likeness (QED) is 0.835. The molecule has 0 amide bonds. The van der Waals surface area contributed by atoms with Crippen molar-refractivity contribution >= 4 is 5.69 Å². The summed E-state index contributed by atoms with van der Waals surface area (Å²) in [6.45, 7) is 5.16. The zero-order valence-electron chi connectivity index (χ0n) is 11.3. The normalized spacial score (nSPS) is 16.7. The van der Waals surface area contributed by atoms with E-state index in [1.165, 1.54) is 25.7 Å². The molecule has 1 atom stereocenters. The molecule has 18 heavy (non-hydrogen) atoms. The standard InChI is InChI=1S/C15H23FN2/c1-3-4-9-18(13-6-7-13)15-8-5-12(16)10-14(15)11(2)17/h5,8,10-11,13H,3-4,6-7,9,17H2,1-2H3/t11-/m0/s1. The fourth-order valence-electron chi connectivity index (χ4n) is 2.37. The molecule has 100 valence electrons. The lowest BCUT2D eigenvalue weighted by atomic mass is 10.0. The topological polar surface area (TPSA) is 29.3 Å². The van der Waals surface area contributed by atoms with Crippen molar-refractivity contribution in [3.63, 3.8) is 0 Å². The van der Waals surface area contributed by atoms with Crippen LogP contribution in [-0.2, 0) is 0 Å². The van der Waals surface area contributed by atoms with Crippen molar-refractivity contribution in [1.29, 1.82) is 0 Å². The third-order valence-corrected chi connectivity index (χ3v) is 3.53. The predicted molar refractivity (Wildman–Crippen MR) is 74.3 cm³/mol. The summed E-state index contributed by atoms with van der Waals surface area (Å²) in [5.74, 6) is -0.197. The van der Waals surface area contributed by atoms with Crippen LogP contribution in [0, 0.1) is 5.82 Å². The summed E-state index contributed by atoms with van der Waals surface area (Å²) in [5.41, 5.74) is 8.03. The summed E-state index contributed by atoms with van der Waals surface area (Å²) in [4.78, 5) is 2.42. The Balaban J connectivity index is 2.28. The molecule has 1 aliphatic rings. The van der Waals surface area contributed by atoms with Crippen molar-refractivity contribution < 1.29 is 4.39 Å². The number of unbranched alkanes of at least 4 members (excludes halogenated alkanes) is 1. The van der Waals surface area contributed by atoms with Crippen LogP contribution in [0.4, 0.5) is 10.1 Å². The van der Waals surface area contributed by atoms with Crippen LogP contribution < -0.4 is 10.6 Å². The fourth-order valence-corrected chi connectivity index (χ4v) is 2.37. The van der Waals surface area contributed by atoms with E-state index >= 15 is 0 Å². The molecular weight excluding hydrogens is 227 g/mol. The maximum Gasteiger partial charge on any atom is 0.123 e. The third kappa shape index (κ3) is 3.02. The fraction of sp³-hybridized carbons (Fsp3) is 0.600. The molecular formula is C15H23FN2. The first-order chi connectivity index (χ1) is 8.63. The monoisotopic (exact) mass is 250 g/mol. The lowest BCUT2D eigenvalue weighted by Gasteiger charge is -2.28. The van der Waals surface area contributed by atoms with E-state index in [-0.39, 0.29) is 11.9 Å². The van der Waals surface area contributed by atoms with E-state index in [0.29, 0.717) is 6.04 Å². The van der Waals surface area contributed by atoms with E-state index in [0.717, 1.165) is 17.8 Å². The lowest BCUT2D eigenvalue weighted by Crippen LogP contribution is -2.28. The molecule has 1 saturated carbocycles. The summed E-state index contributed by atoms with van der Waals surface area (Å²) in [6, 6.07) is 5.53. The van der Waals surface area contributed by atoms with Gasteiger partial charge in [0.25, 0.3) is 0 Å². The van der Waals surface area contributed by atoms with Gasteiger partial charge in [-0.1, -0.05) is 13.3 Å². The second-order valence-corrected chi connectivity index (χ2v) is 5.27. The molecule has 1 fully saturated rings. The average Bonchev–Trinajstić information content (AvgIpc) is 3.15. The summed E-state index contributed by atoms with van der Waals surface area (Å²) in [5, 5.41) is 0. The Kier molecular flexibility index (Phi) is 4.23. The molecule has 0 aromatic heterocycles. The van der Waals surface area contributed by atoms with E-state index < -0.39 is 0 Å². The second kappa shape index (κ2) is 5.70. The molecule has 0 aliphatic heterocycles. The van der Waals surface area contributed by atoms with Gasteiger partial charge < -0.3 is 10.6 Å². The van der Waals surface area contributed by atoms with Gasteiger partial charge in [0.1, 0.15) is 5.82 Å². The largest absolute Gasteiger partial charge is 0.368 e. The third-order valence-electron chi connectivity index (χ3n) is 3.53. The average molecular weight is 250 g/mol. The number of anilines is 1. The van der Waals surface area contributed by atoms with E-state index in [2.05, 4.69) is 11.8 Å². The molecule has 0 unspecified atom stereocenters. The molecule has 0 bridgehead atoms. The first-order valence-corrected chi connectivity index (χ1v) is 6.95. The number of nitrogens with zero attached hydrogens (tertiary/aromatic N) is 1. The molecule has 0 saturated heterocycles. The van der Waals surface area contributed by atoms with E-state index in [4.69, 9.17) is 5.73 Å². The van der Waals surface area contributed by atoms with Gasteiger partial charge in [0.2, 0.25) is 0 Å². The minimum atomic E-state index is -0.197. The number of nitrogens with two attached hydrogens (primary N) is 1. The molecule has 1 aromatic carbocycles. The molecule has 2 nitrogen and oxygen atoms in total. The summed E-state index contributed by atoms with van der Waals surface area (Å²) in [6.07, 6.45) is 4.85. The van der Waals surface area contributed by atoms with Crippen molar-refractivity contribution in [1.82, 2.24) is 0 Å². The zero-order valence-corrected chi connectivity index (χ0v) is 11.3. The SMILES string of the molecule is CCCCN(c1ccc(F)cc1[C@H](C)N)C1CC1. The van der Waals surface area contributed by atoms with Crippen LogP contribution in [0.3, 0.4) is 0 Å². The number of benzene rings is 1. The number of hydrogen-bond acceptors (Lipinski definition) is 2. The van der Waals surface area contributed by atoms with Gasteiger partial charge in [0.15, 0.2) is 0 Å². The second-order valence-electron chi connectivity index (χ2n) is 5.27. The Hall–Kier alpha value is -1.09. The first kappa shape index (κ1) is 13.3. The Morgan fingerprint density at radius 3 is 2.72 bits per heavy atom. The Labute approximate surface area is 109 Å². The van der Waals surface area contributed by atoms with Crippen molar-refractivity contribution in [3.05, 3.63) is 29.6 Å². The van der Waals surface area contributed by atoms with Crippen LogP contribution in [0.5, 0.6) is 0 Å². The minimum Gasteiger partial charge on any atom is -0.368 e. The summed E-state index contributed by atoms with van der Waals surface area (Å²) >= 11 is 0. The highest BCUT2D eigenvalue weighted by molar-refractivity contribution is 5.56. The van der Waals surface area contributed by atoms with Crippen LogP contribution in [0.1, 0.15) is 51.1 Å². The van der Waals surface area contributed by atoms with Gasteiger partial charge in [-0.05, 0) is 49.9 Å². The Morgan fingerprint density at radius 2 is 2.17 bits per heavy atom. The van der Waals surface area contributed by atoms with Crippen molar-refractivity contribution in [2.24, 2.45) is 5.73 Å². The minimum absolute atomic E-state index is 0.126. The highest BCUT2D eigenvalue weighted by atomic mass is 19.1. The van der Waals surface area contributed by atoms with E-state index in [1.54, 1.807) is 12.1 Å². The van der Waals surface area contributed by atoms with Gasteiger partial charge in [-0.25, -0.2) is 4.39 Å². The highest BCUT2D eigenvalue weighted by Gasteiger charge is 2.30. The van der Waals surface area contributed by atoms with Crippen LogP contribution in [0.2, 0.25) is 0 Å². The molecule has 0 radical (unpaired) electrons. The summed E-state index contributed by atoms with van der Waals surface area (Å²) < 4.78 is 13.4. The van der Waals surface area contributed by atoms with E-state index in [1.807, 2.05) is 13.0 Å². The van der Waals surface area contributed by atoms with Crippen LogP contribution in [0.25, 0.3) is 0 Å². The maximum absolute atomic E-state index is 13.4. The van der Waals surface area contributed by atoms with Gasteiger partial charge in [-0.15, -0.1) is 0 Å². The van der Waals surface area contributed by atoms with Gasteiger partial charge in [-0.2, -0.15) is 0 Å². The molecule has 2 rings (SSSR count). The number of hydrogen-bond donors (Lipinski definition) is 1. The lowest BCUT2D eigenvalue weighted by molar-refractivity contribution is 0.620. The van der Waals surface area contributed by atoms with Crippen molar-refractivity contribution in [2.45, 2.75) is 51.6 Å².